The van der Waals surface area contributed by atoms with Gasteiger partial charge in [0.1, 0.15) is 0 Å². The minimum atomic E-state index is -0.319. The van der Waals surface area contributed by atoms with Crippen LogP contribution < -0.4 is 0 Å². The van der Waals surface area contributed by atoms with Crippen LogP contribution in [-0.2, 0) is 4.79 Å². The average Bonchev–Trinajstić information content (AvgIpc) is 2.79. The number of Topliss-reactive ketones (excluding diaryl/α,β-unsaturated/α-hetero) is 1. The molecule has 0 saturated carbocycles. The molecular formula is C19H27NO. The predicted octanol–water partition coefficient (Wildman–Crippen LogP) is 5.15. The van der Waals surface area contributed by atoms with Gasteiger partial charge in [-0.05, 0) is 37.0 Å². The molecule has 0 aliphatic carbocycles. The van der Waals surface area contributed by atoms with Gasteiger partial charge in [0.15, 0.2) is 5.78 Å². The fourth-order valence-corrected chi connectivity index (χ4v) is 2.91. The van der Waals surface area contributed by atoms with E-state index in [1.165, 1.54) is 16.5 Å². The number of aryl methyl sites for hydroxylation is 1. The van der Waals surface area contributed by atoms with Crippen molar-refractivity contribution in [3.8, 4) is 0 Å². The maximum Gasteiger partial charge on any atom is 0.160 e. The molecule has 1 unspecified atom stereocenters. The Balaban J connectivity index is 2.54. The summed E-state index contributed by atoms with van der Waals surface area (Å²) in [6, 6.07) is 8.36. The van der Waals surface area contributed by atoms with Crippen LogP contribution in [0.4, 0.5) is 0 Å². The van der Waals surface area contributed by atoms with Crippen molar-refractivity contribution in [3.63, 3.8) is 0 Å². The number of benzene rings is 1. The number of hydrogen-bond donors (Lipinski definition) is 0. The van der Waals surface area contributed by atoms with Gasteiger partial charge in [-0.3, -0.25) is 4.79 Å². The number of ketones is 1. The molecule has 1 heterocycles. The molecule has 2 aromatic rings. The van der Waals surface area contributed by atoms with Crippen molar-refractivity contribution in [2.24, 2.45) is 11.3 Å². The van der Waals surface area contributed by atoms with Crippen molar-refractivity contribution < 1.29 is 4.79 Å². The average molecular weight is 285 g/mol. The fraction of sp³-hybridized carbons (Fsp3) is 0.526. The highest BCUT2D eigenvalue weighted by Crippen LogP contribution is 2.32. The first-order valence-electron chi connectivity index (χ1n) is 7.82. The second kappa shape index (κ2) is 5.67. The van der Waals surface area contributed by atoms with Gasteiger partial charge in [0, 0.05) is 22.5 Å². The summed E-state index contributed by atoms with van der Waals surface area (Å²) in [5, 5.41) is 1.24. The van der Waals surface area contributed by atoms with E-state index in [2.05, 4.69) is 55.8 Å². The maximum atomic E-state index is 12.9. The molecule has 0 radical (unpaired) electrons. The Bertz CT molecular complexity index is 643. The molecule has 114 valence electrons. The summed E-state index contributed by atoms with van der Waals surface area (Å²) in [6.45, 7) is 12.5. The van der Waals surface area contributed by atoms with Crippen LogP contribution in [0.15, 0.2) is 30.5 Å². The Labute approximate surface area is 128 Å². The van der Waals surface area contributed by atoms with E-state index in [9.17, 15) is 4.79 Å². The molecule has 1 atom stereocenters. The summed E-state index contributed by atoms with van der Waals surface area (Å²) in [7, 11) is 0. The smallest absolute Gasteiger partial charge is 0.160 e. The van der Waals surface area contributed by atoms with Crippen molar-refractivity contribution in [3.05, 3.63) is 36.0 Å². The van der Waals surface area contributed by atoms with Crippen LogP contribution in [0.2, 0.25) is 0 Å². The van der Waals surface area contributed by atoms with Gasteiger partial charge in [0.05, 0.1) is 6.04 Å². The fourth-order valence-electron chi connectivity index (χ4n) is 2.91. The van der Waals surface area contributed by atoms with E-state index in [0.717, 1.165) is 6.42 Å². The first-order chi connectivity index (χ1) is 9.71. The van der Waals surface area contributed by atoms with Gasteiger partial charge < -0.3 is 4.57 Å². The highest BCUT2D eigenvalue weighted by Gasteiger charge is 2.31. The summed E-state index contributed by atoms with van der Waals surface area (Å²) in [4.78, 5) is 12.9. The number of hydrogen-bond acceptors (Lipinski definition) is 1. The Morgan fingerprint density at radius 2 is 1.86 bits per heavy atom. The van der Waals surface area contributed by atoms with Crippen molar-refractivity contribution >= 4 is 16.7 Å². The van der Waals surface area contributed by atoms with E-state index in [-0.39, 0.29) is 11.5 Å². The number of aromatic nitrogens is 1. The number of carbonyl (C=O) groups excluding carboxylic acids is 1. The second-order valence-electron chi connectivity index (χ2n) is 7.49. The number of nitrogens with zero attached hydrogens (tertiary/aromatic N) is 1. The van der Waals surface area contributed by atoms with Crippen LogP contribution in [0.25, 0.3) is 10.9 Å². The molecule has 0 spiro atoms. The van der Waals surface area contributed by atoms with E-state index in [4.69, 9.17) is 0 Å². The molecule has 0 fully saturated rings. The van der Waals surface area contributed by atoms with Crippen LogP contribution in [0.5, 0.6) is 0 Å². The molecule has 0 N–H and O–H groups in total. The molecule has 1 aromatic carbocycles. The van der Waals surface area contributed by atoms with Gasteiger partial charge in [-0.25, -0.2) is 0 Å². The van der Waals surface area contributed by atoms with Crippen LogP contribution in [0.1, 0.15) is 52.6 Å². The highest BCUT2D eigenvalue weighted by molar-refractivity contribution is 5.91. The third-order valence-corrected chi connectivity index (χ3v) is 4.05. The molecule has 0 saturated heterocycles. The molecule has 0 aliphatic rings. The Morgan fingerprint density at radius 3 is 2.43 bits per heavy atom. The lowest BCUT2D eigenvalue weighted by Gasteiger charge is -2.28. The maximum absolute atomic E-state index is 12.9. The topological polar surface area (TPSA) is 22.0 Å². The molecule has 0 bridgehead atoms. The molecule has 1 aromatic heterocycles. The van der Waals surface area contributed by atoms with E-state index in [1.54, 1.807) is 0 Å². The first-order valence-corrected chi connectivity index (χ1v) is 7.82. The second-order valence-corrected chi connectivity index (χ2v) is 7.49. The van der Waals surface area contributed by atoms with Gasteiger partial charge in [-0.1, -0.05) is 46.8 Å². The number of carbonyl (C=O) groups is 1. The van der Waals surface area contributed by atoms with E-state index in [1.807, 2.05) is 20.8 Å². The minimum absolute atomic E-state index is 0.0794. The lowest BCUT2D eigenvalue weighted by molar-refractivity contribution is -0.130. The lowest BCUT2D eigenvalue weighted by Crippen LogP contribution is -2.31. The quantitative estimate of drug-likeness (QED) is 0.761. The number of rotatable bonds is 4. The molecule has 2 nitrogen and oxygen atoms in total. The Kier molecular flexibility index (Phi) is 4.27. The first kappa shape index (κ1) is 15.8. The predicted molar refractivity (Wildman–Crippen MR) is 89.6 cm³/mol. The van der Waals surface area contributed by atoms with Crippen LogP contribution in [0.3, 0.4) is 0 Å². The largest absolute Gasteiger partial charge is 0.337 e. The summed E-state index contributed by atoms with van der Waals surface area (Å²) in [5.41, 5.74) is 2.11. The molecule has 0 aliphatic heterocycles. The Morgan fingerprint density at radius 1 is 1.19 bits per heavy atom. The lowest BCUT2D eigenvalue weighted by atomic mass is 9.83. The standard InChI is InChI=1S/C19H27NO/c1-13(2)12-17(18(21)19(4,5)6)20-11-10-15-14(3)8-7-9-16(15)20/h7-11,13,17H,12H2,1-6H3. The minimum Gasteiger partial charge on any atom is -0.337 e. The molecule has 21 heavy (non-hydrogen) atoms. The van der Waals surface area contributed by atoms with E-state index < -0.39 is 0 Å². The van der Waals surface area contributed by atoms with Gasteiger partial charge in [0.25, 0.3) is 0 Å². The van der Waals surface area contributed by atoms with Gasteiger partial charge in [-0.15, -0.1) is 0 Å². The van der Waals surface area contributed by atoms with Crippen LogP contribution >= 0.6 is 0 Å². The summed E-state index contributed by atoms with van der Waals surface area (Å²) in [6.07, 6.45) is 2.96. The summed E-state index contributed by atoms with van der Waals surface area (Å²) in [5.74, 6) is 0.804. The van der Waals surface area contributed by atoms with Gasteiger partial charge in [0.2, 0.25) is 0 Å². The third kappa shape index (κ3) is 3.20. The zero-order valence-electron chi connectivity index (χ0n) is 14.1. The zero-order chi connectivity index (χ0) is 15.8. The molecule has 0 amide bonds. The highest BCUT2D eigenvalue weighted by atomic mass is 16.1. The number of fused-ring (bicyclic) bond motifs is 1. The zero-order valence-corrected chi connectivity index (χ0v) is 14.1. The molecule has 2 heteroatoms. The summed E-state index contributed by atoms with van der Waals surface area (Å²) >= 11 is 0. The van der Waals surface area contributed by atoms with Crippen molar-refractivity contribution in [1.29, 1.82) is 0 Å². The monoisotopic (exact) mass is 285 g/mol. The van der Waals surface area contributed by atoms with Crippen LogP contribution in [0, 0.1) is 18.3 Å². The normalized spacial score (nSPS) is 13.9. The Hall–Kier alpha value is -1.57. The molecule has 2 rings (SSSR count). The van der Waals surface area contributed by atoms with Crippen LogP contribution in [-0.4, -0.2) is 10.4 Å². The van der Waals surface area contributed by atoms with Gasteiger partial charge in [-0.2, -0.15) is 0 Å². The third-order valence-electron chi connectivity index (χ3n) is 4.05. The summed E-state index contributed by atoms with van der Waals surface area (Å²) < 4.78 is 2.18. The van der Waals surface area contributed by atoms with E-state index in [0.29, 0.717) is 11.7 Å². The van der Waals surface area contributed by atoms with E-state index >= 15 is 0 Å². The van der Waals surface area contributed by atoms with Crippen molar-refractivity contribution in [1.82, 2.24) is 4.57 Å². The van der Waals surface area contributed by atoms with Crippen molar-refractivity contribution in [2.75, 3.05) is 0 Å². The molecular weight excluding hydrogens is 258 g/mol. The van der Waals surface area contributed by atoms with Gasteiger partial charge >= 0.3 is 0 Å². The van der Waals surface area contributed by atoms with Crippen molar-refractivity contribution in [2.45, 2.75) is 54.0 Å². The SMILES string of the molecule is Cc1cccc2c1ccn2C(CC(C)C)C(=O)C(C)(C)C.